The summed E-state index contributed by atoms with van der Waals surface area (Å²) in [4.78, 5) is 16.0. The van der Waals surface area contributed by atoms with Crippen molar-refractivity contribution in [1.82, 2.24) is 20.1 Å². The van der Waals surface area contributed by atoms with Crippen LogP contribution in [-0.4, -0.2) is 38.6 Å². The fraction of sp³-hybridized carbons (Fsp3) is 0.357. The van der Waals surface area contributed by atoms with E-state index in [0.29, 0.717) is 29.5 Å². The molecule has 2 aromatic rings. The van der Waals surface area contributed by atoms with Crippen molar-refractivity contribution in [3.05, 3.63) is 35.6 Å². The predicted octanol–water partition coefficient (Wildman–Crippen LogP) is 2.20. The Bertz CT molecular complexity index is 631. The number of hydrogen-bond donors (Lipinski definition) is 3. The SMILES string of the molecule is CC(CCCO)NC(=O)Nc1ccn(-c2ncccc2Cl)n1. The van der Waals surface area contributed by atoms with E-state index in [-0.39, 0.29) is 18.7 Å². The smallest absolute Gasteiger partial charge is 0.320 e. The second-order valence-electron chi connectivity index (χ2n) is 4.82. The third-order valence-corrected chi connectivity index (χ3v) is 3.25. The molecule has 0 spiro atoms. The zero-order chi connectivity index (χ0) is 15.9. The molecule has 0 aliphatic rings. The van der Waals surface area contributed by atoms with Gasteiger partial charge in [-0.05, 0) is 31.9 Å². The molecule has 2 amide bonds. The van der Waals surface area contributed by atoms with Crippen molar-refractivity contribution in [1.29, 1.82) is 0 Å². The van der Waals surface area contributed by atoms with Gasteiger partial charge in [0, 0.05) is 31.1 Å². The lowest BCUT2D eigenvalue weighted by Crippen LogP contribution is -2.36. The first-order chi connectivity index (χ1) is 10.6. The maximum Gasteiger partial charge on any atom is 0.320 e. The van der Waals surface area contributed by atoms with Gasteiger partial charge >= 0.3 is 6.03 Å². The number of nitrogens with one attached hydrogen (secondary N) is 2. The van der Waals surface area contributed by atoms with Crippen molar-refractivity contribution in [2.75, 3.05) is 11.9 Å². The van der Waals surface area contributed by atoms with E-state index in [1.807, 2.05) is 6.92 Å². The Morgan fingerprint density at radius 3 is 3.05 bits per heavy atom. The van der Waals surface area contributed by atoms with E-state index >= 15 is 0 Å². The number of aliphatic hydroxyl groups is 1. The summed E-state index contributed by atoms with van der Waals surface area (Å²) in [6.07, 6.45) is 4.64. The molecule has 118 valence electrons. The minimum Gasteiger partial charge on any atom is -0.396 e. The number of aliphatic hydroxyl groups excluding tert-OH is 1. The quantitative estimate of drug-likeness (QED) is 0.760. The molecular formula is C14H18ClN5O2. The molecule has 2 heterocycles. The van der Waals surface area contributed by atoms with Gasteiger partial charge in [-0.3, -0.25) is 5.32 Å². The number of carbonyl (C=O) groups excluding carboxylic acids is 1. The highest BCUT2D eigenvalue weighted by molar-refractivity contribution is 6.32. The lowest BCUT2D eigenvalue weighted by Gasteiger charge is -2.12. The van der Waals surface area contributed by atoms with Crippen LogP contribution in [0.15, 0.2) is 30.6 Å². The number of amides is 2. The Morgan fingerprint density at radius 2 is 2.32 bits per heavy atom. The number of aromatic nitrogens is 3. The van der Waals surface area contributed by atoms with Crippen molar-refractivity contribution in [2.24, 2.45) is 0 Å². The Hall–Kier alpha value is -2.12. The third-order valence-electron chi connectivity index (χ3n) is 2.96. The topological polar surface area (TPSA) is 92.1 Å². The summed E-state index contributed by atoms with van der Waals surface area (Å²) in [6.45, 7) is 1.99. The van der Waals surface area contributed by atoms with E-state index in [2.05, 4.69) is 20.7 Å². The van der Waals surface area contributed by atoms with Crippen LogP contribution in [0.5, 0.6) is 0 Å². The average molecular weight is 324 g/mol. The molecule has 0 bridgehead atoms. The highest BCUT2D eigenvalue weighted by atomic mass is 35.5. The monoisotopic (exact) mass is 323 g/mol. The van der Waals surface area contributed by atoms with Gasteiger partial charge in [0.25, 0.3) is 0 Å². The van der Waals surface area contributed by atoms with E-state index < -0.39 is 0 Å². The summed E-state index contributed by atoms with van der Waals surface area (Å²) >= 11 is 6.05. The number of pyridine rings is 1. The minimum atomic E-state index is -0.345. The Kier molecular flexibility index (Phi) is 5.74. The number of hydrogen-bond acceptors (Lipinski definition) is 4. The molecule has 0 saturated carbocycles. The molecule has 0 saturated heterocycles. The zero-order valence-corrected chi connectivity index (χ0v) is 12.9. The summed E-state index contributed by atoms with van der Waals surface area (Å²) < 4.78 is 1.49. The molecular weight excluding hydrogens is 306 g/mol. The molecule has 0 aromatic carbocycles. The maximum atomic E-state index is 11.8. The second-order valence-corrected chi connectivity index (χ2v) is 5.23. The first-order valence-electron chi connectivity index (χ1n) is 6.95. The van der Waals surface area contributed by atoms with Crippen LogP contribution in [0.4, 0.5) is 10.6 Å². The van der Waals surface area contributed by atoms with E-state index in [1.54, 1.807) is 30.6 Å². The largest absolute Gasteiger partial charge is 0.396 e. The third kappa shape index (κ3) is 4.44. The van der Waals surface area contributed by atoms with Crippen LogP contribution in [0.3, 0.4) is 0 Å². The van der Waals surface area contributed by atoms with E-state index in [1.165, 1.54) is 4.68 Å². The summed E-state index contributed by atoms with van der Waals surface area (Å²) in [7, 11) is 0. The second kappa shape index (κ2) is 7.77. The lowest BCUT2D eigenvalue weighted by atomic mass is 10.2. The predicted molar refractivity (Wildman–Crippen MR) is 84.3 cm³/mol. The van der Waals surface area contributed by atoms with E-state index in [0.717, 1.165) is 0 Å². The van der Waals surface area contributed by atoms with Crippen molar-refractivity contribution >= 4 is 23.4 Å². The van der Waals surface area contributed by atoms with Crippen LogP contribution in [-0.2, 0) is 0 Å². The van der Waals surface area contributed by atoms with E-state index in [9.17, 15) is 4.79 Å². The number of anilines is 1. The average Bonchev–Trinajstić information content (AvgIpc) is 2.93. The summed E-state index contributed by atoms with van der Waals surface area (Å²) in [5.41, 5.74) is 0. The fourth-order valence-electron chi connectivity index (χ4n) is 1.90. The molecule has 2 aromatic heterocycles. The molecule has 7 nitrogen and oxygen atoms in total. The maximum absolute atomic E-state index is 11.8. The molecule has 0 fully saturated rings. The summed E-state index contributed by atoms with van der Waals surface area (Å²) in [5.74, 6) is 0.891. The summed E-state index contributed by atoms with van der Waals surface area (Å²) in [5, 5.41) is 18.9. The molecule has 0 radical (unpaired) electrons. The van der Waals surface area contributed by atoms with Crippen LogP contribution in [0.2, 0.25) is 5.02 Å². The Balaban J connectivity index is 1.95. The zero-order valence-electron chi connectivity index (χ0n) is 12.2. The van der Waals surface area contributed by atoms with Crippen LogP contribution < -0.4 is 10.6 Å². The summed E-state index contributed by atoms with van der Waals surface area (Å²) in [6, 6.07) is 4.73. The first-order valence-corrected chi connectivity index (χ1v) is 7.33. The van der Waals surface area contributed by atoms with Crippen LogP contribution >= 0.6 is 11.6 Å². The van der Waals surface area contributed by atoms with Gasteiger partial charge in [-0.1, -0.05) is 11.6 Å². The number of carbonyl (C=O) groups is 1. The Morgan fingerprint density at radius 1 is 1.50 bits per heavy atom. The van der Waals surface area contributed by atoms with Gasteiger partial charge in [0.15, 0.2) is 11.6 Å². The number of rotatable bonds is 6. The molecule has 1 atom stereocenters. The number of urea groups is 1. The highest BCUT2D eigenvalue weighted by Gasteiger charge is 2.10. The fourth-order valence-corrected chi connectivity index (χ4v) is 2.11. The molecule has 8 heteroatoms. The lowest BCUT2D eigenvalue weighted by molar-refractivity contribution is 0.245. The normalized spacial score (nSPS) is 12.0. The van der Waals surface area contributed by atoms with Gasteiger partial charge < -0.3 is 10.4 Å². The van der Waals surface area contributed by atoms with Gasteiger partial charge in [-0.15, -0.1) is 5.10 Å². The number of halogens is 1. The van der Waals surface area contributed by atoms with Gasteiger partial charge in [-0.2, -0.15) is 0 Å². The standard InChI is InChI=1S/C14H18ClN5O2/c1-10(4-3-9-21)17-14(22)18-12-6-8-20(19-12)13-11(15)5-2-7-16-13/h2,5-8,10,21H,3-4,9H2,1H3,(H2,17,18,19,22). The highest BCUT2D eigenvalue weighted by Crippen LogP contribution is 2.17. The molecule has 3 N–H and O–H groups in total. The van der Waals surface area contributed by atoms with E-state index in [4.69, 9.17) is 16.7 Å². The molecule has 22 heavy (non-hydrogen) atoms. The van der Waals surface area contributed by atoms with Crippen LogP contribution in [0.1, 0.15) is 19.8 Å². The van der Waals surface area contributed by atoms with Crippen LogP contribution in [0.25, 0.3) is 5.82 Å². The molecule has 1 unspecified atom stereocenters. The number of nitrogens with zero attached hydrogens (tertiary/aromatic N) is 3. The molecule has 0 aliphatic heterocycles. The van der Waals surface area contributed by atoms with Crippen molar-refractivity contribution in [3.8, 4) is 5.82 Å². The molecule has 2 rings (SSSR count). The van der Waals surface area contributed by atoms with Crippen LogP contribution in [0, 0.1) is 0 Å². The van der Waals surface area contributed by atoms with Crippen molar-refractivity contribution < 1.29 is 9.90 Å². The first kappa shape index (κ1) is 16.3. The minimum absolute atomic E-state index is 0.0283. The van der Waals surface area contributed by atoms with Gasteiger partial charge in [-0.25, -0.2) is 14.5 Å². The van der Waals surface area contributed by atoms with Crippen molar-refractivity contribution in [3.63, 3.8) is 0 Å². The van der Waals surface area contributed by atoms with Gasteiger partial charge in [0.1, 0.15) is 0 Å². The van der Waals surface area contributed by atoms with Crippen molar-refractivity contribution in [2.45, 2.75) is 25.8 Å². The van der Waals surface area contributed by atoms with Gasteiger partial charge in [0.05, 0.1) is 5.02 Å². The molecule has 0 aliphatic carbocycles. The Labute approximate surface area is 133 Å². The van der Waals surface area contributed by atoms with Gasteiger partial charge in [0.2, 0.25) is 0 Å².